The summed E-state index contributed by atoms with van der Waals surface area (Å²) >= 11 is 0. The van der Waals surface area contributed by atoms with Crippen LogP contribution in [0.5, 0.6) is 5.75 Å². The zero-order valence-electron chi connectivity index (χ0n) is 13.9. The number of hydrogen-bond donors (Lipinski definition) is 2. The molecule has 8 nitrogen and oxygen atoms in total. The smallest absolute Gasteiger partial charge is 0.339 e. The van der Waals surface area contributed by atoms with Crippen molar-refractivity contribution >= 4 is 23.5 Å². The number of benzene rings is 1. The number of aromatic carboxylic acids is 1. The fourth-order valence-electron chi connectivity index (χ4n) is 2.58. The van der Waals surface area contributed by atoms with Gasteiger partial charge in [0.15, 0.2) is 5.65 Å². The molecule has 0 atom stereocenters. The summed E-state index contributed by atoms with van der Waals surface area (Å²) < 4.78 is 6.45. The molecule has 128 valence electrons. The fourth-order valence-corrected chi connectivity index (χ4v) is 2.58. The number of ether oxygens (including phenoxy) is 1. The summed E-state index contributed by atoms with van der Waals surface area (Å²) in [6.45, 7) is 3.48. The number of carboxylic acid groups (broad SMARTS) is 1. The summed E-state index contributed by atoms with van der Waals surface area (Å²) in [6, 6.07) is 8.27. The fraction of sp³-hybridized carbons (Fsp3) is 0.176. The largest absolute Gasteiger partial charge is 0.497 e. The number of nitrogens with zero attached hydrogens (tertiary/aromatic N) is 3. The number of carbonyl (C=O) groups is 2. The lowest BCUT2D eigenvalue weighted by atomic mass is 10.1. The number of nitrogens with one attached hydrogen (secondary N) is 1. The standard InChI is InChI=1S/C17H16N4O4/c1-9-8-10(2)21-14(13(9)16(23)24)18-17(20-21)19-15(22)11-4-6-12(25-3)7-5-11/h4-8H,1-3H3,(H,23,24)(H,19,20,22). The molecule has 1 amide bonds. The molecule has 1 aromatic carbocycles. The van der Waals surface area contributed by atoms with Gasteiger partial charge in [0.2, 0.25) is 5.95 Å². The van der Waals surface area contributed by atoms with Gasteiger partial charge < -0.3 is 9.84 Å². The quantitative estimate of drug-likeness (QED) is 0.755. The average molecular weight is 340 g/mol. The van der Waals surface area contributed by atoms with Crippen LogP contribution in [0.4, 0.5) is 5.95 Å². The molecule has 2 aromatic heterocycles. The van der Waals surface area contributed by atoms with Gasteiger partial charge in [0.05, 0.1) is 7.11 Å². The first-order chi connectivity index (χ1) is 11.9. The highest BCUT2D eigenvalue weighted by molar-refractivity contribution is 6.03. The van der Waals surface area contributed by atoms with Crippen molar-refractivity contribution in [1.29, 1.82) is 0 Å². The first kappa shape index (κ1) is 16.4. The molecule has 2 N–H and O–H groups in total. The van der Waals surface area contributed by atoms with E-state index in [4.69, 9.17) is 4.74 Å². The normalized spacial score (nSPS) is 10.7. The first-order valence-electron chi connectivity index (χ1n) is 7.46. The summed E-state index contributed by atoms with van der Waals surface area (Å²) in [4.78, 5) is 28.0. The van der Waals surface area contributed by atoms with Gasteiger partial charge in [0.1, 0.15) is 11.3 Å². The summed E-state index contributed by atoms with van der Waals surface area (Å²) in [5.41, 5.74) is 1.96. The molecule has 0 radical (unpaired) electrons. The van der Waals surface area contributed by atoms with Gasteiger partial charge in [-0.15, -0.1) is 5.10 Å². The second-order valence-corrected chi connectivity index (χ2v) is 5.50. The van der Waals surface area contributed by atoms with E-state index in [1.165, 1.54) is 4.52 Å². The van der Waals surface area contributed by atoms with Gasteiger partial charge in [-0.05, 0) is 49.7 Å². The molecule has 0 aliphatic rings. The molecular formula is C17H16N4O4. The second kappa shape index (κ2) is 6.23. The predicted molar refractivity (Wildman–Crippen MR) is 90.4 cm³/mol. The Bertz CT molecular complexity index is 976. The van der Waals surface area contributed by atoms with Crippen LogP contribution in [0.1, 0.15) is 32.0 Å². The third kappa shape index (κ3) is 3.01. The van der Waals surface area contributed by atoms with Crippen molar-refractivity contribution in [2.75, 3.05) is 12.4 Å². The van der Waals surface area contributed by atoms with Gasteiger partial charge in [-0.1, -0.05) is 0 Å². The van der Waals surface area contributed by atoms with Crippen molar-refractivity contribution in [3.8, 4) is 5.75 Å². The number of fused-ring (bicyclic) bond motifs is 1. The van der Waals surface area contributed by atoms with Crippen LogP contribution in [-0.4, -0.2) is 38.7 Å². The van der Waals surface area contributed by atoms with Gasteiger partial charge in [-0.25, -0.2) is 9.31 Å². The molecule has 25 heavy (non-hydrogen) atoms. The van der Waals surface area contributed by atoms with Crippen LogP contribution in [0.15, 0.2) is 30.3 Å². The maximum absolute atomic E-state index is 12.3. The van der Waals surface area contributed by atoms with Crippen LogP contribution < -0.4 is 10.1 Å². The number of carbonyl (C=O) groups excluding carboxylic acids is 1. The van der Waals surface area contributed by atoms with Crippen LogP contribution >= 0.6 is 0 Å². The van der Waals surface area contributed by atoms with Crippen molar-refractivity contribution in [2.24, 2.45) is 0 Å². The molecule has 0 bridgehead atoms. The molecule has 3 aromatic rings. The Hall–Kier alpha value is -3.42. The molecule has 0 spiro atoms. The van der Waals surface area contributed by atoms with E-state index in [-0.39, 0.29) is 17.2 Å². The molecule has 3 rings (SSSR count). The number of amides is 1. The van der Waals surface area contributed by atoms with Crippen molar-refractivity contribution in [3.05, 3.63) is 52.7 Å². The van der Waals surface area contributed by atoms with E-state index in [0.29, 0.717) is 16.9 Å². The Morgan fingerprint density at radius 1 is 1.20 bits per heavy atom. The maximum Gasteiger partial charge on any atom is 0.339 e. The van der Waals surface area contributed by atoms with Crippen molar-refractivity contribution < 1.29 is 19.4 Å². The van der Waals surface area contributed by atoms with Crippen LogP contribution in [-0.2, 0) is 0 Å². The molecule has 0 saturated heterocycles. The predicted octanol–water partition coefficient (Wildman–Crippen LogP) is 2.31. The Labute approximate surface area is 143 Å². The number of aromatic nitrogens is 3. The minimum Gasteiger partial charge on any atom is -0.497 e. The molecule has 0 aliphatic heterocycles. The molecule has 0 aliphatic carbocycles. The zero-order chi connectivity index (χ0) is 18.1. The summed E-state index contributed by atoms with van der Waals surface area (Å²) in [5, 5.41) is 16.2. The highest BCUT2D eigenvalue weighted by Crippen LogP contribution is 2.19. The molecular weight excluding hydrogens is 324 g/mol. The number of aryl methyl sites for hydroxylation is 2. The summed E-state index contributed by atoms with van der Waals surface area (Å²) in [5.74, 6) is -0.815. The lowest BCUT2D eigenvalue weighted by molar-refractivity contribution is 0.0697. The van der Waals surface area contributed by atoms with Crippen molar-refractivity contribution in [1.82, 2.24) is 14.6 Å². The third-order valence-corrected chi connectivity index (χ3v) is 3.78. The van der Waals surface area contributed by atoms with Gasteiger partial charge in [-0.2, -0.15) is 4.98 Å². The summed E-state index contributed by atoms with van der Waals surface area (Å²) in [7, 11) is 1.54. The van der Waals surface area contributed by atoms with Crippen LogP contribution in [0.2, 0.25) is 0 Å². The van der Waals surface area contributed by atoms with E-state index in [2.05, 4.69) is 15.4 Å². The second-order valence-electron chi connectivity index (χ2n) is 5.50. The minimum absolute atomic E-state index is 0.0389. The lowest BCUT2D eigenvalue weighted by Crippen LogP contribution is -2.13. The van der Waals surface area contributed by atoms with E-state index >= 15 is 0 Å². The number of methoxy groups -OCH3 is 1. The first-order valence-corrected chi connectivity index (χ1v) is 7.46. The van der Waals surface area contributed by atoms with Crippen LogP contribution in [0.3, 0.4) is 0 Å². The van der Waals surface area contributed by atoms with Crippen LogP contribution in [0, 0.1) is 13.8 Å². The Kier molecular flexibility index (Phi) is 4.10. The van der Waals surface area contributed by atoms with Gasteiger partial charge in [-0.3, -0.25) is 10.1 Å². The van der Waals surface area contributed by atoms with E-state index in [1.807, 2.05) is 0 Å². The van der Waals surface area contributed by atoms with Gasteiger partial charge in [0, 0.05) is 11.3 Å². The Balaban J connectivity index is 1.96. The minimum atomic E-state index is -1.09. The lowest BCUT2D eigenvalue weighted by Gasteiger charge is -2.04. The molecule has 0 saturated carbocycles. The Morgan fingerprint density at radius 3 is 2.48 bits per heavy atom. The molecule has 0 fully saturated rings. The Morgan fingerprint density at radius 2 is 1.88 bits per heavy atom. The van der Waals surface area contributed by atoms with Gasteiger partial charge >= 0.3 is 5.97 Å². The average Bonchev–Trinajstić information content (AvgIpc) is 2.98. The SMILES string of the molecule is COc1ccc(C(=O)Nc2nc3c(C(=O)O)c(C)cc(C)n3n2)cc1. The zero-order valence-corrected chi connectivity index (χ0v) is 13.9. The van der Waals surface area contributed by atoms with Crippen molar-refractivity contribution in [2.45, 2.75) is 13.8 Å². The van der Waals surface area contributed by atoms with Gasteiger partial charge in [0.25, 0.3) is 5.91 Å². The number of pyridine rings is 1. The molecule has 2 heterocycles. The number of carboxylic acids is 1. The highest BCUT2D eigenvalue weighted by Gasteiger charge is 2.19. The topological polar surface area (TPSA) is 106 Å². The summed E-state index contributed by atoms with van der Waals surface area (Å²) in [6.07, 6.45) is 0. The van der Waals surface area contributed by atoms with Crippen molar-refractivity contribution in [3.63, 3.8) is 0 Å². The number of anilines is 1. The number of rotatable bonds is 4. The maximum atomic E-state index is 12.3. The van der Waals surface area contributed by atoms with Crippen LogP contribution in [0.25, 0.3) is 5.65 Å². The van der Waals surface area contributed by atoms with E-state index < -0.39 is 11.9 Å². The molecule has 0 unspecified atom stereocenters. The van der Waals surface area contributed by atoms with E-state index in [9.17, 15) is 14.7 Å². The molecule has 8 heteroatoms. The third-order valence-electron chi connectivity index (χ3n) is 3.78. The van der Waals surface area contributed by atoms with E-state index in [0.717, 1.165) is 5.69 Å². The highest BCUT2D eigenvalue weighted by atomic mass is 16.5. The van der Waals surface area contributed by atoms with E-state index in [1.54, 1.807) is 51.3 Å². The number of hydrogen-bond acceptors (Lipinski definition) is 5. The monoisotopic (exact) mass is 340 g/mol.